The van der Waals surface area contributed by atoms with Crippen LogP contribution in [0, 0.1) is 0 Å². The minimum absolute atomic E-state index is 0.325. The standard InChI is InChI=1S/C16H26N2O/c1-13(15-9-4-5-10-16(15)19-3)17-12-14-8-6-7-11-18(14)2/h4-5,9-10,13-14,17H,6-8,11-12H2,1-3H3. The van der Waals surface area contributed by atoms with Gasteiger partial charge >= 0.3 is 0 Å². The van der Waals surface area contributed by atoms with Gasteiger partial charge in [-0.15, -0.1) is 0 Å². The van der Waals surface area contributed by atoms with Crippen molar-refractivity contribution in [2.45, 2.75) is 38.3 Å². The van der Waals surface area contributed by atoms with E-state index in [1.165, 1.54) is 31.4 Å². The highest BCUT2D eigenvalue weighted by atomic mass is 16.5. The van der Waals surface area contributed by atoms with E-state index in [1.807, 2.05) is 12.1 Å². The van der Waals surface area contributed by atoms with Gasteiger partial charge in [0.05, 0.1) is 7.11 Å². The fraction of sp³-hybridized carbons (Fsp3) is 0.625. The Morgan fingerprint density at radius 1 is 1.37 bits per heavy atom. The largest absolute Gasteiger partial charge is 0.496 e. The molecule has 1 aliphatic rings. The van der Waals surface area contributed by atoms with Crippen molar-refractivity contribution in [3.05, 3.63) is 29.8 Å². The number of nitrogens with zero attached hydrogens (tertiary/aromatic N) is 1. The van der Waals surface area contributed by atoms with Gasteiger partial charge in [-0.2, -0.15) is 0 Å². The molecular weight excluding hydrogens is 236 g/mol. The normalized spacial score (nSPS) is 22.2. The number of rotatable bonds is 5. The molecule has 1 aliphatic heterocycles. The van der Waals surface area contributed by atoms with E-state index < -0.39 is 0 Å². The fourth-order valence-corrected chi connectivity index (χ4v) is 2.85. The highest BCUT2D eigenvalue weighted by Gasteiger charge is 2.19. The zero-order chi connectivity index (χ0) is 13.7. The summed E-state index contributed by atoms with van der Waals surface area (Å²) in [5, 5.41) is 3.65. The number of piperidine rings is 1. The summed E-state index contributed by atoms with van der Waals surface area (Å²) in [7, 11) is 3.97. The van der Waals surface area contributed by atoms with Crippen molar-refractivity contribution in [3.8, 4) is 5.75 Å². The molecular formula is C16H26N2O. The van der Waals surface area contributed by atoms with Crippen LogP contribution >= 0.6 is 0 Å². The third-order valence-electron chi connectivity index (χ3n) is 4.19. The molecule has 1 N–H and O–H groups in total. The van der Waals surface area contributed by atoms with E-state index in [4.69, 9.17) is 4.74 Å². The predicted molar refractivity (Wildman–Crippen MR) is 79.7 cm³/mol. The molecule has 106 valence electrons. The molecule has 2 unspecified atom stereocenters. The van der Waals surface area contributed by atoms with Gasteiger partial charge in [0.1, 0.15) is 5.75 Å². The van der Waals surface area contributed by atoms with Crippen molar-refractivity contribution in [3.63, 3.8) is 0 Å². The van der Waals surface area contributed by atoms with Crippen molar-refractivity contribution < 1.29 is 4.74 Å². The monoisotopic (exact) mass is 262 g/mol. The summed E-state index contributed by atoms with van der Waals surface area (Å²) >= 11 is 0. The molecule has 0 radical (unpaired) electrons. The minimum Gasteiger partial charge on any atom is -0.496 e. The molecule has 19 heavy (non-hydrogen) atoms. The maximum atomic E-state index is 5.43. The Hall–Kier alpha value is -1.06. The smallest absolute Gasteiger partial charge is 0.123 e. The molecule has 0 aliphatic carbocycles. The van der Waals surface area contributed by atoms with Crippen LogP contribution in [0.2, 0.25) is 0 Å². The average Bonchev–Trinajstić information content (AvgIpc) is 2.46. The maximum absolute atomic E-state index is 5.43. The minimum atomic E-state index is 0.325. The zero-order valence-corrected chi connectivity index (χ0v) is 12.4. The molecule has 3 nitrogen and oxygen atoms in total. The number of nitrogens with one attached hydrogen (secondary N) is 1. The van der Waals surface area contributed by atoms with Gasteiger partial charge in [-0.25, -0.2) is 0 Å². The molecule has 1 aromatic carbocycles. The topological polar surface area (TPSA) is 24.5 Å². The van der Waals surface area contributed by atoms with E-state index in [9.17, 15) is 0 Å². The molecule has 0 aromatic heterocycles. The Balaban J connectivity index is 1.91. The number of likely N-dealkylation sites (tertiary alicyclic amines) is 1. The van der Waals surface area contributed by atoms with Crippen LogP contribution in [0.1, 0.15) is 37.8 Å². The SMILES string of the molecule is COc1ccccc1C(C)NCC1CCCCN1C. The van der Waals surface area contributed by atoms with Crippen LogP contribution in [0.4, 0.5) is 0 Å². The highest BCUT2D eigenvalue weighted by Crippen LogP contribution is 2.24. The molecule has 1 saturated heterocycles. The van der Waals surface area contributed by atoms with Gasteiger partial charge in [-0.3, -0.25) is 0 Å². The first-order valence-electron chi connectivity index (χ1n) is 7.29. The van der Waals surface area contributed by atoms with Crippen LogP contribution in [-0.2, 0) is 0 Å². The number of likely N-dealkylation sites (N-methyl/N-ethyl adjacent to an activating group) is 1. The van der Waals surface area contributed by atoms with Crippen molar-refractivity contribution >= 4 is 0 Å². The summed E-state index contributed by atoms with van der Waals surface area (Å²) in [6, 6.07) is 9.26. The maximum Gasteiger partial charge on any atom is 0.123 e. The van der Waals surface area contributed by atoms with Crippen molar-refractivity contribution in [2.24, 2.45) is 0 Å². The van der Waals surface area contributed by atoms with Crippen LogP contribution < -0.4 is 10.1 Å². The van der Waals surface area contributed by atoms with E-state index >= 15 is 0 Å². The highest BCUT2D eigenvalue weighted by molar-refractivity contribution is 5.35. The summed E-state index contributed by atoms with van der Waals surface area (Å²) in [6.45, 7) is 4.49. The van der Waals surface area contributed by atoms with Crippen LogP contribution in [0.5, 0.6) is 5.75 Å². The molecule has 0 amide bonds. The molecule has 1 heterocycles. The van der Waals surface area contributed by atoms with Crippen molar-refractivity contribution in [2.75, 3.05) is 27.2 Å². The Morgan fingerprint density at radius 3 is 2.89 bits per heavy atom. The molecule has 0 saturated carbocycles. The summed E-state index contributed by atoms with van der Waals surface area (Å²) in [5.74, 6) is 0.972. The van der Waals surface area contributed by atoms with Crippen LogP contribution in [0.25, 0.3) is 0 Å². The van der Waals surface area contributed by atoms with Gasteiger partial charge in [0, 0.05) is 24.2 Å². The van der Waals surface area contributed by atoms with E-state index in [0.29, 0.717) is 12.1 Å². The van der Waals surface area contributed by atoms with Crippen molar-refractivity contribution in [1.29, 1.82) is 0 Å². The lowest BCUT2D eigenvalue weighted by Gasteiger charge is -2.33. The third-order valence-corrected chi connectivity index (χ3v) is 4.19. The van der Waals surface area contributed by atoms with E-state index in [0.717, 1.165) is 12.3 Å². The van der Waals surface area contributed by atoms with Gasteiger partial charge in [0.15, 0.2) is 0 Å². The van der Waals surface area contributed by atoms with Crippen LogP contribution in [0.15, 0.2) is 24.3 Å². The first-order chi connectivity index (χ1) is 9.22. The third kappa shape index (κ3) is 3.71. The second kappa shape index (κ2) is 6.92. The summed E-state index contributed by atoms with van der Waals surface area (Å²) in [5.41, 5.74) is 1.24. The van der Waals surface area contributed by atoms with Crippen LogP contribution in [0.3, 0.4) is 0 Å². The summed E-state index contributed by atoms with van der Waals surface area (Å²) < 4.78 is 5.43. The molecule has 2 rings (SSSR count). The number of benzene rings is 1. The van der Waals surface area contributed by atoms with Gasteiger partial charge in [0.25, 0.3) is 0 Å². The lowest BCUT2D eigenvalue weighted by atomic mass is 10.0. The Labute approximate surface area is 116 Å². The number of hydrogen-bond donors (Lipinski definition) is 1. The van der Waals surface area contributed by atoms with Gasteiger partial charge in [0.2, 0.25) is 0 Å². The average molecular weight is 262 g/mol. The van der Waals surface area contributed by atoms with E-state index in [-0.39, 0.29) is 0 Å². The molecule has 0 bridgehead atoms. The van der Waals surface area contributed by atoms with E-state index in [2.05, 4.69) is 36.3 Å². The Morgan fingerprint density at radius 2 is 2.16 bits per heavy atom. The van der Waals surface area contributed by atoms with Crippen molar-refractivity contribution in [1.82, 2.24) is 10.2 Å². The lowest BCUT2D eigenvalue weighted by Crippen LogP contribution is -2.43. The van der Waals surface area contributed by atoms with Gasteiger partial charge < -0.3 is 15.0 Å². The molecule has 1 fully saturated rings. The Bertz CT molecular complexity index is 394. The molecule has 1 aromatic rings. The predicted octanol–water partition coefficient (Wildman–Crippen LogP) is 2.83. The lowest BCUT2D eigenvalue weighted by molar-refractivity contribution is 0.178. The number of hydrogen-bond acceptors (Lipinski definition) is 3. The number of methoxy groups -OCH3 is 1. The first-order valence-corrected chi connectivity index (χ1v) is 7.29. The van der Waals surface area contributed by atoms with E-state index in [1.54, 1.807) is 7.11 Å². The number of para-hydroxylation sites is 1. The molecule has 0 spiro atoms. The van der Waals surface area contributed by atoms with Gasteiger partial charge in [-0.05, 0) is 39.4 Å². The second-order valence-corrected chi connectivity index (χ2v) is 5.50. The first kappa shape index (κ1) is 14.4. The summed E-state index contributed by atoms with van der Waals surface area (Å²) in [4.78, 5) is 2.48. The number of ether oxygens (including phenoxy) is 1. The fourth-order valence-electron chi connectivity index (χ4n) is 2.85. The summed E-state index contributed by atoms with van der Waals surface area (Å²) in [6.07, 6.45) is 4.01. The molecule has 2 atom stereocenters. The zero-order valence-electron chi connectivity index (χ0n) is 12.4. The Kier molecular flexibility index (Phi) is 5.23. The van der Waals surface area contributed by atoms with Gasteiger partial charge in [-0.1, -0.05) is 24.6 Å². The molecule has 3 heteroatoms. The quantitative estimate of drug-likeness (QED) is 0.883. The second-order valence-electron chi connectivity index (χ2n) is 5.50. The van der Waals surface area contributed by atoms with Crippen LogP contribution in [-0.4, -0.2) is 38.2 Å².